The Hall–Kier alpha value is -3.48. The molecule has 2 aromatic rings. The van der Waals surface area contributed by atoms with Crippen LogP contribution in [-0.2, 0) is 9.59 Å². The maximum absolute atomic E-state index is 13.3. The summed E-state index contributed by atoms with van der Waals surface area (Å²) in [6.45, 7) is 2.45. The molecule has 1 heterocycles. The number of nitrogens with zero attached hydrogens (tertiary/aromatic N) is 1. The molecule has 0 radical (unpaired) electrons. The molecular formula is C27H31NO6. The highest BCUT2D eigenvalue weighted by atomic mass is 16.5. The molecule has 2 aliphatic rings. The molecule has 2 fully saturated rings. The molecule has 7 heteroatoms. The minimum Gasteiger partial charge on any atom is -0.507 e. The van der Waals surface area contributed by atoms with Gasteiger partial charge in [0.2, 0.25) is 0 Å². The Kier molecular flexibility index (Phi) is 7.10. The maximum Gasteiger partial charge on any atom is 0.295 e. The number of hydrogen-bond donors (Lipinski definition) is 1. The number of ketones is 1. The predicted octanol–water partition coefficient (Wildman–Crippen LogP) is 4.86. The van der Waals surface area contributed by atoms with Gasteiger partial charge >= 0.3 is 0 Å². The Morgan fingerprint density at radius 3 is 2.26 bits per heavy atom. The van der Waals surface area contributed by atoms with Crippen molar-refractivity contribution >= 4 is 17.4 Å². The SMILES string of the molecule is CCOc1ccc(C2/C(=C(/O)c3ccc(OC)cc3OC)C(=O)C(=O)N2C2CCCCC2)cc1. The molecule has 4 rings (SSSR count). The molecule has 1 N–H and O–H groups in total. The summed E-state index contributed by atoms with van der Waals surface area (Å²) in [5.74, 6) is 0.109. The van der Waals surface area contributed by atoms with E-state index in [9.17, 15) is 14.7 Å². The first-order valence-electron chi connectivity index (χ1n) is 11.7. The van der Waals surface area contributed by atoms with Crippen LogP contribution in [-0.4, -0.2) is 48.6 Å². The lowest BCUT2D eigenvalue weighted by molar-refractivity contribution is -0.141. The normalized spacial score (nSPS) is 20.4. The van der Waals surface area contributed by atoms with Crippen LogP contribution in [0.3, 0.4) is 0 Å². The highest BCUT2D eigenvalue weighted by Crippen LogP contribution is 2.44. The lowest BCUT2D eigenvalue weighted by atomic mass is 9.91. The molecule has 1 unspecified atom stereocenters. The van der Waals surface area contributed by atoms with Gasteiger partial charge in [0, 0.05) is 12.1 Å². The van der Waals surface area contributed by atoms with E-state index >= 15 is 0 Å². The van der Waals surface area contributed by atoms with Crippen LogP contribution in [0, 0.1) is 0 Å². The van der Waals surface area contributed by atoms with Gasteiger partial charge in [0.05, 0.1) is 38.0 Å². The summed E-state index contributed by atoms with van der Waals surface area (Å²) in [5.41, 5.74) is 1.16. The number of benzene rings is 2. The second kappa shape index (κ2) is 10.2. The van der Waals surface area contributed by atoms with Crippen LogP contribution in [0.15, 0.2) is 48.0 Å². The van der Waals surface area contributed by atoms with E-state index in [1.165, 1.54) is 14.2 Å². The molecule has 1 saturated heterocycles. The Balaban J connectivity index is 1.86. The molecule has 1 saturated carbocycles. The quantitative estimate of drug-likeness (QED) is 0.357. The summed E-state index contributed by atoms with van der Waals surface area (Å²) in [7, 11) is 3.02. The average Bonchev–Trinajstić information content (AvgIpc) is 3.14. The minimum atomic E-state index is -0.689. The van der Waals surface area contributed by atoms with Gasteiger partial charge in [-0.05, 0) is 49.6 Å². The van der Waals surface area contributed by atoms with Gasteiger partial charge in [0.1, 0.15) is 23.0 Å². The Morgan fingerprint density at radius 2 is 1.65 bits per heavy atom. The number of aliphatic hydroxyl groups is 1. The van der Waals surface area contributed by atoms with Gasteiger partial charge < -0.3 is 24.2 Å². The van der Waals surface area contributed by atoms with Gasteiger partial charge in [0.25, 0.3) is 11.7 Å². The summed E-state index contributed by atoms with van der Waals surface area (Å²) in [6.07, 6.45) is 4.82. The zero-order valence-corrected chi connectivity index (χ0v) is 19.9. The third-order valence-electron chi connectivity index (χ3n) is 6.62. The number of carbonyl (C=O) groups is 2. The molecule has 7 nitrogen and oxygen atoms in total. The fraction of sp³-hybridized carbons (Fsp3) is 0.407. The molecule has 34 heavy (non-hydrogen) atoms. The Morgan fingerprint density at radius 1 is 0.971 bits per heavy atom. The molecule has 0 aromatic heterocycles. The van der Waals surface area contributed by atoms with E-state index < -0.39 is 17.7 Å². The van der Waals surface area contributed by atoms with E-state index in [2.05, 4.69) is 0 Å². The first kappa shape index (κ1) is 23.7. The van der Waals surface area contributed by atoms with Crippen molar-refractivity contribution in [1.82, 2.24) is 4.90 Å². The number of hydrogen-bond acceptors (Lipinski definition) is 6. The van der Waals surface area contributed by atoms with Crippen LogP contribution in [0.25, 0.3) is 5.76 Å². The first-order chi connectivity index (χ1) is 16.5. The van der Waals surface area contributed by atoms with Crippen molar-refractivity contribution in [3.8, 4) is 17.2 Å². The van der Waals surface area contributed by atoms with Crippen molar-refractivity contribution in [3.05, 3.63) is 59.2 Å². The van der Waals surface area contributed by atoms with Gasteiger partial charge in [-0.15, -0.1) is 0 Å². The number of methoxy groups -OCH3 is 2. The number of ether oxygens (including phenoxy) is 3. The zero-order chi connectivity index (χ0) is 24.2. The molecule has 1 aliphatic heterocycles. The maximum atomic E-state index is 13.3. The molecule has 180 valence electrons. The van der Waals surface area contributed by atoms with Crippen molar-refractivity contribution < 1.29 is 28.9 Å². The molecule has 2 aromatic carbocycles. The fourth-order valence-electron chi connectivity index (χ4n) is 4.97. The third kappa shape index (κ3) is 4.34. The predicted molar refractivity (Wildman–Crippen MR) is 128 cm³/mol. The van der Waals surface area contributed by atoms with Crippen LogP contribution in [0.5, 0.6) is 17.2 Å². The highest BCUT2D eigenvalue weighted by molar-refractivity contribution is 6.46. The fourth-order valence-corrected chi connectivity index (χ4v) is 4.97. The summed E-state index contributed by atoms with van der Waals surface area (Å²) in [6, 6.07) is 11.6. The van der Waals surface area contributed by atoms with Gasteiger partial charge in [0.15, 0.2) is 0 Å². The molecule has 1 atom stereocenters. The van der Waals surface area contributed by atoms with E-state index in [0.29, 0.717) is 29.4 Å². The van der Waals surface area contributed by atoms with Crippen LogP contribution < -0.4 is 14.2 Å². The summed E-state index contributed by atoms with van der Waals surface area (Å²) in [4.78, 5) is 28.3. The van der Waals surface area contributed by atoms with Crippen molar-refractivity contribution in [2.75, 3.05) is 20.8 Å². The number of Topliss-reactive ketones (excluding diaryl/α,β-unsaturated/α-hetero) is 1. The van der Waals surface area contributed by atoms with Crippen molar-refractivity contribution in [2.45, 2.75) is 51.1 Å². The van der Waals surface area contributed by atoms with Crippen LogP contribution in [0.2, 0.25) is 0 Å². The van der Waals surface area contributed by atoms with E-state index in [1.807, 2.05) is 31.2 Å². The third-order valence-corrected chi connectivity index (χ3v) is 6.62. The molecular weight excluding hydrogens is 434 g/mol. The second-order valence-corrected chi connectivity index (χ2v) is 8.57. The Labute approximate surface area is 199 Å². The smallest absolute Gasteiger partial charge is 0.295 e. The van der Waals surface area contributed by atoms with Gasteiger partial charge in [-0.25, -0.2) is 0 Å². The number of rotatable bonds is 7. The van der Waals surface area contributed by atoms with E-state index in [4.69, 9.17) is 14.2 Å². The van der Waals surface area contributed by atoms with Crippen LogP contribution in [0.4, 0.5) is 0 Å². The number of likely N-dealkylation sites (tertiary alicyclic amines) is 1. The summed E-state index contributed by atoms with van der Waals surface area (Å²) < 4.78 is 16.3. The lowest BCUT2D eigenvalue weighted by Gasteiger charge is -2.35. The number of aliphatic hydroxyl groups excluding tert-OH is 1. The molecule has 0 spiro atoms. The molecule has 1 amide bonds. The van der Waals surface area contributed by atoms with Crippen molar-refractivity contribution in [1.29, 1.82) is 0 Å². The lowest BCUT2D eigenvalue weighted by Crippen LogP contribution is -2.40. The number of carbonyl (C=O) groups excluding carboxylic acids is 2. The highest BCUT2D eigenvalue weighted by Gasteiger charge is 2.49. The topological polar surface area (TPSA) is 85.3 Å². The van der Waals surface area contributed by atoms with Gasteiger partial charge in [-0.2, -0.15) is 0 Å². The average molecular weight is 466 g/mol. The molecule has 0 bridgehead atoms. The molecule has 1 aliphatic carbocycles. The van der Waals surface area contributed by atoms with Gasteiger partial charge in [-0.3, -0.25) is 9.59 Å². The summed E-state index contributed by atoms with van der Waals surface area (Å²) >= 11 is 0. The zero-order valence-electron chi connectivity index (χ0n) is 19.9. The van der Waals surface area contributed by atoms with Crippen LogP contribution in [0.1, 0.15) is 56.2 Å². The van der Waals surface area contributed by atoms with Gasteiger partial charge in [-0.1, -0.05) is 31.4 Å². The van der Waals surface area contributed by atoms with E-state index in [0.717, 1.165) is 37.7 Å². The van der Waals surface area contributed by atoms with Crippen molar-refractivity contribution in [3.63, 3.8) is 0 Å². The van der Waals surface area contributed by atoms with Crippen molar-refractivity contribution in [2.24, 2.45) is 0 Å². The minimum absolute atomic E-state index is 0.0511. The van der Waals surface area contributed by atoms with E-state index in [1.54, 1.807) is 23.1 Å². The van der Waals surface area contributed by atoms with E-state index in [-0.39, 0.29) is 17.4 Å². The first-order valence-corrected chi connectivity index (χ1v) is 11.7. The van der Waals surface area contributed by atoms with Crippen LogP contribution >= 0.6 is 0 Å². The summed E-state index contributed by atoms with van der Waals surface area (Å²) in [5, 5.41) is 11.4. The largest absolute Gasteiger partial charge is 0.507 e. The Bertz CT molecular complexity index is 1080. The second-order valence-electron chi connectivity index (χ2n) is 8.57. The monoisotopic (exact) mass is 465 g/mol. The standard InChI is InChI=1S/C27H31NO6/c1-4-34-19-12-10-17(11-13-19)24-23(25(29)21-15-14-20(32-2)16-22(21)33-3)26(30)27(31)28(24)18-8-6-5-7-9-18/h10-16,18,24,29H,4-9H2,1-3H3/b25-23-. The number of amides is 1.